The number of fused-ring (bicyclic) bond motifs is 1. The fraction of sp³-hybridized carbons (Fsp3) is 0.300. The molecule has 1 aliphatic heterocycles. The Kier molecular flexibility index (Phi) is 4.87. The van der Waals surface area contributed by atoms with E-state index < -0.39 is 36.5 Å². The number of nitriles is 1. The van der Waals surface area contributed by atoms with Crippen molar-refractivity contribution in [1.29, 1.82) is 5.26 Å². The summed E-state index contributed by atoms with van der Waals surface area (Å²) in [6.07, 6.45) is -2.94. The second kappa shape index (κ2) is 7.38. The topological polar surface area (TPSA) is 156 Å². The third kappa shape index (κ3) is 3.15. The van der Waals surface area contributed by atoms with Crippen molar-refractivity contribution < 1.29 is 24.5 Å². The highest BCUT2D eigenvalue weighted by Gasteiger charge is 2.57. The van der Waals surface area contributed by atoms with E-state index in [-0.39, 0.29) is 5.82 Å². The Labute approximate surface area is 171 Å². The van der Waals surface area contributed by atoms with Crippen molar-refractivity contribution in [2.75, 3.05) is 12.3 Å². The molecule has 154 valence electrons. The molecule has 0 spiro atoms. The van der Waals surface area contributed by atoms with Crippen molar-refractivity contribution in [2.45, 2.75) is 30.8 Å². The van der Waals surface area contributed by atoms with Gasteiger partial charge in [0.1, 0.15) is 42.8 Å². The minimum Gasteiger partial charge on any atom is -0.458 e. The van der Waals surface area contributed by atoms with E-state index in [1.165, 1.54) is 10.8 Å². The summed E-state index contributed by atoms with van der Waals surface area (Å²) in [4.78, 5) is 16.2. The standard InChI is InChI=1S/C20H19N5O5/c1-11-2-4-12(5-3-11)19(28)29-9-20(8-21)17(27)15(26)16(30-20)13-6-7-14-18(22)23-10-24-25(13)14/h2-7,10,15-17,26-27H,9H2,1H3,(H2,22,23,24)/t15-,16-,17-,20+/m0/s1. The van der Waals surface area contributed by atoms with Gasteiger partial charge in [-0.1, -0.05) is 17.7 Å². The number of carbonyl (C=O) groups is 1. The average Bonchev–Trinajstić information content (AvgIpc) is 3.28. The van der Waals surface area contributed by atoms with E-state index in [1.54, 1.807) is 36.4 Å². The summed E-state index contributed by atoms with van der Waals surface area (Å²) in [6, 6.07) is 11.8. The van der Waals surface area contributed by atoms with Crippen LogP contribution < -0.4 is 5.73 Å². The first-order valence-corrected chi connectivity index (χ1v) is 9.13. The number of esters is 1. The second-order valence-corrected chi connectivity index (χ2v) is 7.12. The maximum Gasteiger partial charge on any atom is 0.338 e. The number of aryl methyl sites for hydroxylation is 1. The molecule has 30 heavy (non-hydrogen) atoms. The van der Waals surface area contributed by atoms with E-state index >= 15 is 0 Å². The highest BCUT2D eigenvalue weighted by Crippen LogP contribution is 2.40. The van der Waals surface area contributed by atoms with Crippen molar-refractivity contribution in [1.82, 2.24) is 14.6 Å². The van der Waals surface area contributed by atoms with Crippen LogP contribution >= 0.6 is 0 Å². The Morgan fingerprint density at radius 1 is 1.33 bits per heavy atom. The molecule has 3 aromatic rings. The second-order valence-electron chi connectivity index (χ2n) is 7.12. The number of aliphatic hydroxyl groups is 2. The molecule has 0 radical (unpaired) electrons. The molecule has 4 atom stereocenters. The quantitative estimate of drug-likeness (QED) is 0.523. The predicted molar refractivity (Wildman–Crippen MR) is 103 cm³/mol. The van der Waals surface area contributed by atoms with Gasteiger partial charge in [0, 0.05) is 0 Å². The maximum absolute atomic E-state index is 12.3. The minimum atomic E-state index is -1.95. The highest BCUT2D eigenvalue weighted by atomic mass is 16.6. The molecular formula is C20H19N5O5. The van der Waals surface area contributed by atoms with Crippen LogP contribution in [-0.4, -0.2) is 55.2 Å². The number of nitrogen functional groups attached to an aromatic ring is 1. The Morgan fingerprint density at radius 3 is 2.77 bits per heavy atom. The minimum absolute atomic E-state index is 0.225. The third-order valence-electron chi connectivity index (χ3n) is 5.15. The van der Waals surface area contributed by atoms with Crippen molar-refractivity contribution in [3.8, 4) is 6.07 Å². The van der Waals surface area contributed by atoms with Gasteiger partial charge in [0.05, 0.1) is 11.3 Å². The van der Waals surface area contributed by atoms with Crippen LogP contribution in [0.15, 0.2) is 42.7 Å². The number of anilines is 1. The van der Waals surface area contributed by atoms with Gasteiger partial charge in [-0.2, -0.15) is 10.4 Å². The van der Waals surface area contributed by atoms with Gasteiger partial charge in [-0.3, -0.25) is 0 Å². The van der Waals surface area contributed by atoms with Crippen LogP contribution in [0.4, 0.5) is 5.82 Å². The van der Waals surface area contributed by atoms with Gasteiger partial charge in [-0.15, -0.1) is 0 Å². The molecule has 1 aliphatic rings. The number of aromatic nitrogens is 3. The van der Waals surface area contributed by atoms with Crippen LogP contribution in [0, 0.1) is 18.3 Å². The van der Waals surface area contributed by atoms with Crippen LogP contribution in [0.1, 0.15) is 27.7 Å². The number of benzene rings is 1. The molecule has 0 saturated carbocycles. The van der Waals surface area contributed by atoms with E-state index in [1.807, 2.05) is 13.0 Å². The lowest BCUT2D eigenvalue weighted by Crippen LogP contribution is -2.46. The first kappa shape index (κ1) is 19.8. The summed E-state index contributed by atoms with van der Waals surface area (Å²) in [6.45, 7) is 1.32. The first-order chi connectivity index (χ1) is 14.4. The first-order valence-electron chi connectivity index (χ1n) is 9.13. The fourth-order valence-electron chi connectivity index (χ4n) is 3.42. The summed E-state index contributed by atoms with van der Waals surface area (Å²) in [5.41, 5.74) is 5.99. The molecule has 4 N–H and O–H groups in total. The summed E-state index contributed by atoms with van der Waals surface area (Å²) in [5, 5.41) is 34.9. The van der Waals surface area contributed by atoms with Gasteiger partial charge >= 0.3 is 5.97 Å². The zero-order valence-electron chi connectivity index (χ0n) is 16.0. The van der Waals surface area contributed by atoms with Crippen LogP contribution in [0.3, 0.4) is 0 Å². The normalized spacial score (nSPS) is 25.9. The Balaban J connectivity index is 1.58. The number of hydrogen-bond donors (Lipinski definition) is 3. The fourth-order valence-corrected chi connectivity index (χ4v) is 3.42. The molecule has 3 heterocycles. The van der Waals surface area contributed by atoms with Gasteiger partial charge in [-0.25, -0.2) is 14.3 Å². The number of nitrogens with two attached hydrogens (primary N) is 1. The maximum atomic E-state index is 12.3. The van der Waals surface area contributed by atoms with Gasteiger partial charge in [0.2, 0.25) is 5.60 Å². The monoisotopic (exact) mass is 409 g/mol. The largest absolute Gasteiger partial charge is 0.458 e. The van der Waals surface area contributed by atoms with Crippen molar-refractivity contribution in [3.63, 3.8) is 0 Å². The van der Waals surface area contributed by atoms with E-state index in [0.29, 0.717) is 16.8 Å². The van der Waals surface area contributed by atoms with Crippen LogP contribution in [0.25, 0.3) is 5.52 Å². The number of hydrogen-bond acceptors (Lipinski definition) is 9. The van der Waals surface area contributed by atoms with Crippen LogP contribution in [0.2, 0.25) is 0 Å². The molecular weight excluding hydrogens is 390 g/mol. The van der Waals surface area contributed by atoms with Gasteiger partial charge < -0.3 is 25.4 Å². The average molecular weight is 409 g/mol. The molecule has 0 bridgehead atoms. The Morgan fingerprint density at radius 2 is 2.07 bits per heavy atom. The lowest BCUT2D eigenvalue weighted by Gasteiger charge is -2.24. The predicted octanol–water partition coefficient (Wildman–Crippen LogP) is 0.532. The van der Waals surface area contributed by atoms with Gasteiger partial charge in [0.15, 0.2) is 5.82 Å². The zero-order chi connectivity index (χ0) is 21.5. The van der Waals surface area contributed by atoms with Crippen molar-refractivity contribution in [2.24, 2.45) is 0 Å². The number of aliphatic hydroxyl groups excluding tert-OH is 2. The molecule has 10 heteroatoms. The van der Waals surface area contributed by atoms with Gasteiger partial charge in [0.25, 0.3) is 0 Å². The van der Waals surface area contributed by atoms with E-state index in [9.17, 15) is 20.3 Å². The number of carbonyl (C=O) groups excluding carboxylic acids is 1. The van der Waals surface area contributed by atoms with Crippen LogP contribution in [0.5, 0.6) is 0 Å². The SMILES string of the molecule is Cc1ccc(C(=O)OC[C@@]2(C#N)O[C@@H](c3ccc4c(N)ncnn34)[C@H](O)[C@@H]2O)cc1. The number of ether oxygens (including phenoxy) is 2. The van der Waals surface area contributed by atoms with Crippen LogP contribution in [-0.2, 0) is 9.47 Å². The van der Waals surface area contributed by atoms with E-state index in [2.05, 4.69) is 10.1 Å². The van der Waals surface area contributed by atoms with Crippen molar-refractivity contribution in [3.05, 3.63) is 59.5 Å². The molecule has 0 aliphatic carbocycles. The molecule has 1 aromatic carbocycles. The summed E-state index contributed by atoms with van der Waals surface area (Å²) in [5.74, 6) is -0.449. The molecule has 10 nitrogen and oxygen atoms in total. The number of rotatable bonds is 4. The molecule has 1 fully saturated rings. The summed E-state index contributed by atoms with van der Waals surface area (Å²) >= 11 is 0. The lowest BCUT2D eigenvalue weighted by molar-refractivity contribution is -0.0802. The van der Waals surface area contributed by atoms with Gasteiger partial charge in [-0.05, 0) is 31.2 Å². The van der Waals surface area contributed by atoms with E-state index in [0.717, 1.165) is 5.56 Å². The molecule has 4 rings (SSSR count). The number of nitrogens with zero attached hydrogens (tertiary/aromatic N) is 4. The zero-order valence-corrected chi connectivity index (χ0v) is 16.0. The Bertz CT molecular complexity index is 1140. The smallest absolute Gasteiger partial charge is 0.338 e. The highest BCUT2D eigenvalue weighted by molar-refractivity contribution is 5.89. The molecule has 0 amide bonds. The molecule has 1 saturated heterocycles. The lowest BCUT2D eigenvalue weighted by atomic mass is 9.96. The Hall–Kier alpha value is -3.52. The molecule has 2 aromatic heterocycles. The summed E-state index contributed by atoms with van der Waals surface area (Å²) < 4.78 is 12.4. The summed E-state index contributed by atoms with van der Waals surface area (Å²) in [7, 11) is 0. The van der Waals surface area contributed by atoms with E-state index in [4.69, 9.17) is 15.2 Å². The molecule has 0 unspecified atom stereocenters. The third-order valence-corrected chi connectivity index (χ3v) is 5.15. The van der Waals surface area contributed by atoms with Crippen molar-refractivity contribution >= 4 is 17.3 Å².